The van der Waals surface area contributed by atoms with Crippen LogP contribution in [0.15, 0.2) is 24.3 Å². The number of alkyl halides is 1. The van der Waals surface area contributed by atoms with Crippen molar-refractivity contribution in [1.29, 1.82) is 0 Å². The number of aliphatic carboxylic acids is 1. The highest BCUT2D eigenvalue weighted by Gasteiger charge is 2.41. The maximum atomic E-state index is 10.6. The molecule has 1 fully saturated rings. The minimum Gasteiger partial charge on any atom is -0.481 e. The molecular weight excluding hydrogens is 388 g/mol. The summed E-state index contributed by atoms with van der Waals surface area (Å²) in [6.07, 6.45) is 5.46. The Labute approximate surface area is 179 Å². The van der Waals surface area contributed by atoms with Gasteiger partial charge >= 0.3 is 5.97 Å². The molecule has 1 saturated carbocycles. The van der Waals surface area contributed by atoms with E-state index in [-0.39, 0.29) is 23.6 Å². The maximum Gasteiger partial charge on any atom is 0.303 e. The van der Waals surface area contributed by atoms with E-state index >= 15 is 0 Å². The van der Waals surface area contributed by atoms with Crippen LogP contribution >= 0.6 is 11.6 Å². The zero-order valence-corrected chi connectivity index (χ0v) is 17.9. The fraction of sp³-hybridized carbons (Fsp3) is 0.625. The first kappa shape index (κ1) is 23.7. The van der Waals surface area contributed by atoms with Crippen LogP contribution in [-0.2, 0) is 4.79 Å². The van der Waals surface area contributed by atoms with Crippen LogP contribution in [0.2, 0.25) is 0 Å². The number of unbranched alkanes of at least 4 members (excludes halogenated alkanes) is 3. The summed E-state index contributed by atoms with van der Waals surface area (Å²) < 4.78 is 0. The Kier molecular flexibility index (Phi) is 10.0. The van der Waals surface area contributed by atoms with Crippen molar-refractivity contribution in [2.24, 2.45) is 5.92 Å². The maximum absolute atomic E-state index is 10.6. The molecule has 1 aliphatic carbocycles. The van der Waals surface area contributed by atoms with Crippen LogP contribution in [0.4, 0.5) is 0 Å². The molecule has 0 saturated heterocycles. The monoisotopic (exact) mass is 420 g/mol. The molecule has 0 spiro atoms. The van der Waals surface area contributed by atoms with E-state index in [1.165, 1.54) is 0 Å². The highest BCUT2D eigenvalue weighted by atomic mass is 35.5. The minimum atomic E-state index is -0.800. The second kappa shape index (κ2) is 12.2. The fourth-order valence-corrected chi connectivity index (χ4v) is 4.52. The number of carboxylic acids is 1. The summed E-state index contributed by atoms with van der Waals surface area (Å²) in [7, 11) is 0. The molecule has 4 nitrogen and oxygen atoms in total. The van der Waals surface area contributed by atoms with E-state index in [2.05, 4.69) is 18.8 Å². The second-order valence-electron chi connectivity index (χ2n) is 7.99. The summed E-state index contributed by atoms with van der Waals surface area (Å²) >= 11 is 6.51. The lowest BCUT2D eigenvalue weighted by Gasteiger charge is -2.23. The van der Waals surface area contributed by atoms with E-state index in [1.807, 2.05) is 24.3 Å². The lowest BCUT2D eigenvalue weighted by Crippen LogP contribution is -2.18. The second-order valence-corrected chi connectivity index (χ2v) is 8.55. The van der Waals surface area contributed by atoms with Gasteiger partial charge in [0, 0.05) is 30.6 Å². The Bertz CT molecular complexity index is 691. The van der Waals surface area contributed by atoms with Gasteiger partial charge in [0.2, 0.25) is 0 Å². The number of aliphatic hydroxyl groups is 2. The van der Waals surface area contributed by atoms with Gasteiger partial charge in [-0.05, 0) is 36.3 Å². The first-order chi connectivity index (χ1) is 13.9. The van der Waals surface area contributed by atoms with Crippen molar-refractivity contribution >= 4 is 17.6 Å². The van der Waals surface area contributed by atoms with E-state index in [1.54, 1.807) is 0 Å². The van der Waals surface area contributed by atoms with Crippen molar-refractivity contribution in [1.82, 2.24) is 0 Å². The van der Waals surface area contributed by atoms with Crippen molar-refractivity contribution in [3.05, 3.63) is 35.4 Å². The number of hydrogen-bond donors (Lipinski definition) is 3. The Hall–Kier alpha value is -1.54. The zero-order chi connectivity index (χ0) is 21.2. The first-order valence-electron chi connectivity index (χ1n) is 10.7. The molecule has 0 radical (unpaired) electrons. The van der Waals surface area contributed by atoms with E-state index in [0.717, 1.165) is 36.8 Å². The SMILES string of the molecule is CCCCC[C@@H](O)c1ccc([C@@H]2[C@@H](CC#CCCCC(=O)O)[C@H](Cl)C[C@H]2O)cc1. The van der Waals surface area contributed by atoms with Gasteiger partial charge in [0.05, 0.1) is 12.2 Å². The summed E-state index contributed by atoms with van der Waals surface area (Å²) in [5.41, 5.74) is 1.94. The molecule has 1 aliphatic rings. The number of carbonyl (C=O) groups is 1. The molecule has 0 amide bonds. The highest BCUT2D eigenvalue weighted by Crippen LogP contribution is 2.44. The van der Waals surface area contributed by atoms with E-state index in [0.29, 0.717) is 25.7 Å². The molecule has 0 aliphatic heterocycles. The molecule has 5 heteroatoms. The van der Waals surface area contributed by atoms with Crippen LogP contribution in [0.1, 0.15) is 87.9 Å². The Balaban J connectivity index is 1.98. The number of halogens is 1. The molecule has 0 bridgehead atoms. The third-order valence-corrected chi connectivity index (χ3v) is 6.25. The average molecular weight is 421 g/mol. The van der Waals surface area contributed by atoms with Crippen molar-refractivity contribution in [3.8, 4) is 11.8 Å². The van der Waals surface area contributed by atoms with Gasteiger partial charge in [-0.3, -0.25) is 4.79 Å². The van der Waals surface area contributed by atoms with Crippen molar-refractivity contribution in [2.45, 2.75) is 88.2 Å². The lowest BCUT2D eigenvalue weighted by molar-refractivity contribution is -0.137. The molecule has 5 atom stereocenters. The molecule has 1 aromatic carbocycles. The van der Waals surface area contributed by atoms with Crippen LogP contribution in [0, 0.1) is 17.8 Å². The topological polar surface area (TPSA) is 77.8 Å². The third-order valence-electron chi connectivity index (χ3n) is 5.75. The Morgan fingerprint density at radius 2 is 1.93 bits per heavy atom. The van der Waals surface area contributed by atoms with Gasteiger partial charge in [0.25, 0.3) is 0 Å². The summed E-state index contributed by atoms with van der Waals surface area (Å²) in [6.45, 7) is 2.15. The van der Waals surface area contributed by atoms with Gasteiger partial charge in [0.15, 0.2) is 0 Å². The first-order valence-corrected chi connectivity index (χ1v) is 11.1. The van der Waals surface area contributed by atoms with Gasteiger partial charge in [-0.15, -0.1) is 23.4 Å². The highest BCUT2D eigenvalue weighted by molar-refractivity contribution is 6.21. The average Bonchev–Trinajstić information content (AvgIpc) is 2.97. The van der Waals surface area contributed by atoms with Gasteiger partial charge in [-0.25, -0.2) is 0 Å². The molecular formula is C24H33ClO4. The van der Waals surface area contributed by atoms with Crippen molar-refractivity contribution < 1.29 is 20.1 Å². The molecule has 3 N–H and O–H groups in total. The number of carboxylic acid groups (broad SMARTS) is 1. The predicted octanol–water partition coefficient (Wildman–Crippen LogP) is 5.02. The van der Waals surface area contributed by atoms with Crippen LogP contribution in [0.25, 0.3) is 0 Å². The Morgan fingerprint density at radius 1 is 1.21 bits per heavy atom. The number of aliphatic hydroxyl groups excluding tert-OH is 2. The minimum absolute atomic E-state index is 0.0546. The van der Waals surface area contributed by atoms with Gasteiger partial charge in [0.1, 0.15) is 0 Å². The summed E-state index contributed by atoms with van der Waals surface area (Å²) in [6, 6.07) is 7.90. The summed E-state index contributed by atoms with van der Waals surface area (Å²) in [5.74, 6) is 5.35. The van der Waals surface area contributed by atoms with E-state index < -0.39 is 18.2 Å². The van der Waals surface area contributed by atoms with Crippen molar-refractivity contribution in [2.75, 3.05) is 0 Å². The quantitative estimate of drug-likeness (QED) is 0.282. The van der Waals surface area contributed by atoms with Crippen LogP contribution < -0.4 is 0 Å². The predicted molar refractivity (Wildman–Crippen MR) is 116 cm³/mol. The molecule has 0 aromatic heterocycles. The third kappa shape index (κ3) is 7.33. The van der Waals surface area contributed by atoms with E-state index in [4.69, 9.17) is 16.7 Å². The van der Waals surface area contributed by atoms with Gasteiger partial charge < -0.3 is 15.3 Å². The standard InChI is InChI=1S/C24H33ClO4/c1-2-3-6-10-21(26)17-12-14-18(15-13-17)24-19(20(25)16-22(24)27)9-7-4-5-8-11-23(28)29/h12-15,19-22,24,26-27H,2-3,5-6,8-11,16H2,1H3,(H,28,29)/t19-,20+,21+,22+,24+/m0/s1. The molecule has 0 heterocycles. The van der Waals surface area contributed by atoms with Gasteiger partial charge in [-0.1, -0.05) is 50.5 Å². The number of rotatable bonds is 10. The molecule has 0 unspecified atom stereocenters. The van der Waals surface area contributed by atoms with Crippen LogP contribution in [0.3, 0.4) is 0 Å². The van der Waals surface area contributed by atoms with Crippen LogP contribution in [0.5, 0.6) is 0 Å². The Morgan fingerprint density at radius 3 is 2.59 bits per heavy atom. The normalized spacial score (nSPS) is 24.7. The smallest absolute Gasteiger partial charge is 0.303 e. The largest absolute Gasteiger partial charge is 0.481 e. The van der Waals surface area contributed by atoms with Gasteiger partial charge in [-0.2, -0.15) is 0 Å². The molecule has 160 valence electrons. The lowest BCUT2D eigenvalue weighted by atomic mass is 9.85. The number of hydrogen-bond acceptors (Lipinski definition) is 3. The zero-order valence-electron chi connectivity index (χ0n) is 17.2. The fourth-order valence-electron chi connectivity index (χ4n) is 4.09. The summed E-state index contributed by atoms with van der Waals surface area (Å²) in [4.78, 5) is 10.5. The van der Waals surface area contributed by atoms with Crippen molar-refractivity contribution in [3.63, 3.8) is 0 Å². The summed E-state index contributed by atoms with van der Waals surface area (Å²) in [5, 5.41) is 29.4. The molecule has 2 rings (SSSR count). The van der Waals surface area contributed by atoms with E-state index in [9.17, 15) is 15.0 Å². The molecule has 1 aromatic rings. The van der Waals surface area contributed by atoms with Crippen LogP contribution in [-0.4, -0.2) is 32.8 Å². The number of benzene rings is 1. The molecule has 29 heavy (non-hydrogen) atoms.